The van der Waals surface area contributed by atoms with Crippen LogP contribution < -0.4 is 0 Å². The van der Waals surface area contributed by atoms with Gasteiger partial charge >= 0.3 is 0 Å². The summed E-state index contributed by atoms with van der Waals surface area (Å²) < 4.78 is 14.1. The largest absolute Gasteiger partial charge is 0.333 e. The molecule has 0 aliphatic heterocycles. The topological polar surface area (TPSA) is 40.5 Å². The van der Waals surface area contributed by atoms with Crippen LogP contribution in [0.3, 0.4) is 0 Å². The minimum atomic E-state index is -3.49. The van der Waals surface area contributed by atoms with Crippen molar-refractivity contribution in [3.8, 4) is 0 Å². The van der Waals surface area contributed by atoms with Gasteiger partial charge in [0.1, 0.15) is 0 Å². The van der Waals surface area contributed by atoms with Gasteiger partial charge < -0.3 is 4.89 Å². The Balaban J connectivity index is 2.56. The highest BCUT2D eigenvalue weighted by molar-refractivity contribution is 7.56. The summed E-state index contributed by atoms with van der Waals surface area (Å²) in [4.78, 5) is 10.4. The molecule has 1 N–H and O–H groups in total. The van der Waals surface area contributed by atoms with Gasteiger partial charge in [-0.3, -0.25) is 4.57 Å². The Morgan fingerprint density at radius 2 is 1.26 bits per heavy atom. The maximum Gasteiger partial charge on any atom is 0.281 e. The van der Waals surface area contributed by atoms with E-state index in [0.717, 1.165) is 11.1 Å². The molecular weight excluding hydrogens is 257 g/mol. The SMILES string of the molecule is CN(C)P(=O)(O)C(c1ccccc1)c1ccccc1. The Labute approximate surface area is 114 Å². The first kappa shape index (κ1) is 14.0. The molecule has 0 aliphatic carbocycles. The molecular formula is C15H18NO2P. The lowest BCUT2D eigenvalue weighted by Gasteiger charge is -2.28. The van der Waals surface area contributed by atoms with Crippen molar-refractivity contribution in [1.29, 1.82) is 0 Å². The Hall–Kier alpha value is -1.41. The van der Waals surface area contributed by atoms with Gasteiger partial charge in [0.2, 0.25) is 0 Å². The highest BCUT2D eigenvalue weighted by Crippen LogP contribution is 2.59. The molecule has 19 heavy (non-hydrogen) atoms. The quantitative estimate of drug-likeness (QED) is 0.868. The molecule has 3 nitrogen and oxygen atoms in total. The molecule has 0 aliphatic rings. The van der Waals surface area contributed by atoms with Crippen LogP contribution >= 0.6 is 7.52 Å². The Morgan fingerprint density at radius 3 is 1.58 bits per heavy atom. The molecule has 0 saturated heterocycles. The van der Waals surface area contributed by atoms with Crippen molar-refractivity contribution >= 4 is 7.52 Å². The number of benzene rings is 2. The number of hydrogen-bond donors (Lipinski definition) is 1. The average Bonchev–Trinajstić information content (AvgIpc) is 2.41. The summed E-state index contributed by atoms with van der Waals surface area (Å²) in [6, 6.07) is 18.9. The maximum absolute atomic E-state index is 12.7. The molecule has 0 fully saturated rings. The van der Waals surface area contributed by atoms with Crippen molar-refractivity contribution in [2.24, 2.45) is 0 Å². The second kappa shape index (κ2) is 5.70. The van der Waals surface area contributed by atoms with Crippen LogP contribution in [-0.2, 0) is 4.57 Å². The van der Waals surface area contributed by atoms with E-state index in [1.165, 1.54) is 4.67 Å². The Morgan fingerprint density at radius 1 is 0.895 bits per heavy atom. The molecule has 2 aromatic rings. The minimum absolute atomic E-state index is 0.523. The second-order valence-electron chi connectivity index (χ2n) is 4.66. The molecule has 4 heteroatoms. The molecule has 2 aromatic carbocycles. The summed E-state index contributed by atoms with van der Waals surface area (Å²) in [5, 5.41) is 0. The lowest BCUT2D eigenvalue weighted by atomic mass is 10.0. The van der Waals surface area contributed by atoms with E-state index in [1.54, 1.807) is 14.1 Å². The molecule has 0 aromatic heterocycles. The van der Waals surface area contributed by atoms with Gasteiger partial charge in [0.05, 0.1) is 5.66 Å². The van der Waals surface area contributed by atoms with E-state index < -0.39 is 13.2 Å². The van der Waals surface area contributed by atoms with E-state index in [9.17, 15) is 9.46 Å². The fraction of sp³-hybridized carbons (Fsp3) is 0.200. The predicted molar refractivity (Wildman–Crippen MR) is 78.2 cm³/mol. The molecule has 0 spiro atoms. The number of hydrogen-bond acceptors (Lipinski definition) is 1. The van der Waals surface area contributed by atoms with Crippen molar-refractivity contribution in [1.82, 2.24) is 4.67 Å². The molecule has 0 saturated carbocycles. The Bertz CT molecular complexity index is 530. The molecule has 0 bridgehead atoms. The maximum atomic E-state index is 12.7. The lowest BCUT2D eigenvalue weighted by Crippen LogP contribution is -2.15. The van der Waals surface area contributed by atoms with Crippen molar-refractivity contribution in [3.05, 3.63) is 71.8 Å². The summed E-state index contributed by atoms with van der Waals surface area (Å²) in [5.74, 6) is 0. The number of nitrogens with zero attached hydrogens (tertiary/aromatic N) is 1. The third-order valence-electron chi connectivity index (χ3n) is 3.14. The van der Waals surface area contributed by atoms with Crippen molar-refractivity contribution in [2.75, 3.05) is 14.1 Å². The molecule has 100 valence electrons. The fourth-order valence-electron chi connectivity index (χ4n) is 2.08. The first-order valence-corrected chi connectivity index (χ1v) is 7.82. The third-order valence-corrected chi connectivity index (χ3v) is 5.56. The van der Waals surface area contributed by atoms with E-state index in [1.807, 2.05) is 60.7 Å². The first-order chi connectivity index (χ1) is 9.03. The van der Waals surface area contributed by atoms with Crippen LogP contribution in [0.4, 0.5) is 0 Å². The summed E-state index contributed by atoms with van der Waals surface area (Å²) in [5.41, 5.74) is 1.19. The van der Waals surface area contributed by atoms with Gasteiger partial charge in [-0.15, -0.1) is 0 Å². The van der Waals surface area contributed by atoms with Crippen LogP contribution in [0, 0.1) is 0 Å². The van der Waals surface area contributed by atoms with Crippen LogP contribution in [0.1, 0.15) is 16.8 Å². The van der Waals surface area contributed by atoms with Crippen LogP contribution in [0.25, 0.3) is 0 Å². The molecule has 1 unspecified atom stereocenters. The van der Waals surface area contributed by atoms with Crippen molar-refractivity contribution in [2.45, 2.75) is 5.66 Å². The van der Waals surface area contributed by atoms with Gasteiger partial charge in [-0.2, -0.15) is 0 Å². The van der Waals surface area contributed by atoms with Crippen LogP contribution in [0.2, 0.25) is 0 Å². The fourth-order valence-corrected chi connectivity index (χ4v) is 3.67. The second-order valence-corrected chi connectivity index (χ2v) is 7.15. The highest BCUT2D eigenvalue weighted by Gasteiger charge is 2.35. The van der Waals surface area contributed by atoms with Gasteiger partial charge in [0.15, 0.2) is 0 Å². The zero-order valence-corrected chi connectivity index (χ0v) is 12.0. The average molecular weight is 275 g/mol. The molecule has 2 rings (SSSR count). The molecule has 0 heterocycles. The zero-order chi connectivity index (χ0) is 13.9. The van der Waals surface area contributed by atoms with E-state index >= 15 is 0 Å². The predicted octanol–water partition coefficient (Wildman–Crippen LogP) is 3.52. The first-order valence-electron chi connectivity index (χ1n) is 6.13. The monoisotopic (exact) mass is 275 g/mol. The highest BCUT2D eigenvalue weighted by atomic mass is 31.2. The van der Waals surface area contributed by atoms with E-state index in [2.05, 4.69) is 0 Å². The number of rotatable bonds is 4. The molecule has 0 amide bonds. The summed E-state index contributed by atoms with van der Waals surface area (Å²) in [6.45, 7) is 0. The summed E-state index contributed by atoms with van der Waals surface area (Å²) >= 11 is 0. The Kier molecular flexibility index (Phi) is 4.20. The van der Waals surface area contributed by atoms with Crippen molar-refractivity contribution in [3.63, 3.8) is 0 Å². The molecule has 1 atom stereocenters. The van der Waals surface area contributed by atoms with Gasteiger partial charge in [-0.05, 0) is 25.2 Å². The zero-order valence-electron chi connectivity index (χ0n) is 11.1. The van der Waals surface area contributed by atoms with Crippen LogP contribution in [0.5, 0.6) is 0 Å². The van der Waals surface area contributed by atoms with Crippen LogP contribution in [-0.4, -0.2) is 23.7 Å². The van der Waals surface area contributed by atoms with Crippen molar-refractivity contribution < 1.29 is 9.46 Å². The van der Waals surface area contributed by atoms with Gasteiger partial charge in [0, 0.05) is 0 Å². The standard InChI is InChI=1S/C15H18NO2P/c1-16(2)19(17,18)15(13-9-5-3-6-10-13)14-11-7-4-8-12-14/h3-12,15H,1-2H3,(H,17,18). The van der Waals surface area contributed by atoms with Gasteiger partial charge in [0.25, 0.3) is 7.52 Å². The van der Waals surface area contributed by atoms with E-state index in [0.29, 0.717) is 0 Å². The van der Waals surface area contributed by atoms with E-state index in [-0.39, 0.29) is 0 Å². The minimum Gasteiger partial charge on any atom is -0.333 e. The third kappa shape index (κ3) is 2.95. The lowest BCUT2D eigenvalue weighted by molar-refractivity contribution is 0.402. The van der Waals surface area contributed by atoms with E-state index in [4.69, 9.17) is 0 Å². The summed E-state index contributed by atoms with van der Waals surface area (Å²) in [6.07, 6.45) is 0. The van der Waals surface area contributed by atoms with Crippen LogP contribution in [0.15, 0.2) is 60.7 Å². The smallest absolute Gasteiger partial charge is 0.281 e. The normalized spacial score (nSPS) is 14.6. The molecule has 0 radical (unpaired) electrons. The van der Waals surface area contributed by atoms with Gasteiger partial charge in [-0.25, -0.2) is 4.67 Å². The summed E-state index contributed by atoms with van der Waals surface area (Å²) in [7, 11) is -0.208. The van der Waals surface area contributed by atoms with Gasteiger partial charge in [-0.1, -0.05) is 60.7 Å².